The van der Waals surface area contributed by atoms with Gasteiger partial charge >= 0.3 is 0 Å². The topological polar surface area (TPSA) is 78.6 Å². The van der Waals surface area contributed by atoms with Gasteiger partial charge in [0.2, 0.25) is 0 Å². The van der Waals surface area contributed by atoms with E-state index in [0.717, 1.165) is 0 Å². The molecule has 112 valence electrons. The third-order valence-electron chi connectivity index (χ3n) is 3.51. The Labute approximate surface area is 120 Å². The molecule has 1 aromatic carbocycles. The summed E-state index contributed by atoms with van der Waals surface area (Å²) < 4.78 is 35.8. The maximum Gasteiger partial charge on any atom is 0.160 e. The van der Waals surface area contributed by atoms with Gasteiger partial charge < -0.3 is 15.2 Å². The minimum Gasteiger partial charge on any atom is -0.494 e. The van der Waals surface area contributed by atoms with Crippen LogP contribution in [0.4, 0.5) is 5.69 Å². The molecule has 1 heterocycles. The van der Waals surface area contributed by atoms with E-state index in [0.29, 0.717) is 36.6 Å². The molecule has 2 unspecified atom stereocenters. The van der Waals surface area contributed by atoms with Gasteiger partial charge in [0.25, 0.3) is 0 Å². The third-order valence-corrected chi connectivity index (χ3v) is 5.76. The van der Waals surface area contributed by atoms with Gasteiger partial charge in [0.15, 0.2) is 9.84 Å². The predicted molar refractivity (Wildman–Crippen MR) is 78.5 cm³/mol. The van der Waals surface area contributed by atoms with E-state index in [1.54, 1.807) is 25.1 Å². The molecule has 5 nitrogen and oxygen atoms in total. The zero-order chi connectivity index (χ0) is 14.8. The molecule has 0 saturated carbocycles. The molecule has 0 amide bonds. The average Bonchev–Trinajstić information content (AvgIpc) is 2.79. The second kappa shape index (κ2) is 6.01. The van der Waals surface area contributed by atoms with Crippen molar-refractivity contribution < 1.29 is 17.9 Å². The molecule has 1 saturated heterocycles. The summed E-state index contributed by atoms with van der Waals surface area (Å²) in [4.78, 5) is 0. The zero-order valence-electron chi connectivity index (χ0n) is 11.8. The molecule has 6 heteroatoms. The summed E-state index contributed by atoms with van der Waals surface area (Å²) in [6, 6.07) is 5.10. The highest BCUT2D eigenvalue weighted by Crippen LogP contribution is 2.28. The fourth-order valence-corrected chi connectivity index (χ4v) is 4.51. The highest BCUT2D eigenvalue weighted by molar-refractivity contribution is 7.91. The standard InChI is InChI=1S/C14H21NO4S/c1-3-18-13-5-4-12(15)8-11(13)9-20(16,17)14-6-7-19-10(14)2/h4-5,8,10,14H,3,6-7,9,15H2,1-2H3. The minimum absolute atomic E-state index is 0.0637. The van der Waals surface area contributed by atoms with Crippen LogP contribution in [0.2, 0.25) is 0 Å². The molecule has 0 radical (unpaired) electrons. The Kier molecular flexibility index (Phi) is 4.55. The molecule has 0 spiro atoms. The largest absolute Gasteiger partial charge is 0.494 e. The fraction of sp³-hybridized carbons (Fsp3) is 0.571. The number of hydrogen-bond donors (Lipinski definition) is 1. The van der Waals surface area contributed by atoms with Crippen molar-refractivity contribution in [3.8, 4) is 5.75 Å². The molecule has 0 bridgehead atoms. The number of sulfone groups is 1. The number of ether oxygens (including phenoxy) is 2. The molecule has 1 fully saturated rings. The van der Waals surface area contributed by atoms with Crippen molar-refractivity contribution >= 4 is 15.5 Å². The predicted octanol–water partition coefficient (Wildman–Crippen LogP) is 1.76. The molecule has 2 N–H and O–H groups in total. The van der Waals surface area contributed by atoms with E-state index in [4.69, 9.17) is 15.2 Å². The van der Waals surface area contributed by atoms with Gasteiger partial charge in [0.1, 0.15) is 5.75 Å². The lowest BCUT2D eigenvalue weighted by atomic mass is 10.2. The molecule has 1 aliphatic heterocycles. The van der Waals surface area contributed by atoms with E-state index < -0.39 is 15.1 Å². The maximum absolute atomic E-state index is 12.5. The van der Waals surface area contributed by atoms with Crippen LogP contribution in [0.1, 0.15) is 25.8 Å². The SMILES string of the molecule is CCOc1ccc(N)cc1CS(=O)(=O)C1CCOC1C. The van der Waals surface area contributed by atoms with Gasteiger partial charge in [-0.05, 0) is 38.5 Å². The first-order valence-corrected chi connectivity index (χ1v) is 8.50. The van der Waals surface area contributed by atoms with Crippen molar-refractivity contribution in [3.63, 3.8) is 0 Å². The van der Waals surface area contributed by atoms with Gasteiger partial charge in [0, 0.05) is 17.9 Å². The van der Waals surface area contributed by atoms with Gasteiger partial charge in [-0.2, -0.15) is 0 Å². The third kappa shape index (κ3) is 3.24. The number of rotatable bonds is 5. The Morgan fingerprint density at radius 3 is 2.80 bits per heavy atom. The summed E-state index contributed by atoms with van der Waals surface area (Å²) in [6.07, 6.45) is 0.298. The Hall–Kier alpha value is -1.27. The van der Waals surface area contributed by atoms with Crippen molar-refractivity contribution in [1.82, 2.24) is 0 Å². The summed E-state index contributed by atoms with van der Waals surface area (Å²) in [7, 11) is -3.28. The number of anilines is 1. The summed E-state index contributed by atoms with van der Waals surface area (Å²) in [6.45, 7) is 4.65. The van der Waals surface area contributed by atoms with Crippen LogP contribution < -0.4 is 10.5 Å². The minimum atomic E-state index is -3.28. The summed E-state index contributed by atoms with van der Waals surface area (Å²) >= 11 is 0. The first kappa shape index (κ1) is 15.1. The number of nitrogen functional groups attached to an aromatic ring is 1. The lowest BCUT2D eigenvalue weighted by Gasteiger charge is -2.17. The van der Waals surface area contributed by atoms with Gasteiger partial charge in [-0.3, -0.25) is 0 Å². The molecule has 0 aliphatic carbocycles. The first-order valence-electron chi connectivity index (χ1n) is 6.78. The van der Waals surface area contributed by atoms with Gasteiger partial charge in [-0.1, -0.05) is 0 Å². The normalized spacial score (nSPS) is 22.9. The van der Waals surface area contributed by atoms with Crippen molar-refractivity contribution in [2.24, 2.45) is 0 Å². The maximum atomic E-state index is 12.5. The van der Waals surface area contributed by atoms with E-state index in [2.05, 4.69) is 0 Å². The monoisotopic (exact) mass is 299 g/mol. The molecule has 2 rings (SSSR count). The van der Waals surface area contributed by atoms with Crippen molar-refractivity contribution in [2.75, 3.05) is 18.9 Å². The van der Waals surface area contributed by atoms with Crippen LogP contribution in [0, 0.1) is 0 Å². The quantitative estimate of drug-likeness (QED) is 0.838. The highest BCUT2D eigenvalue weighted by atomic mass is 32.2. The summed E-state index contributed by atoms with van der Waals surface area (Å²) in [5.74, 6) is 0.517. The zero-order valence-corrected chi connectivity index (χ0v) is 12.7. The van der Waals surface area contributed by atoms with Crippen LogP contribution in [0.15, 0.2) is 18.2 Å². The molecular weight excluding hydrogens is 278 g/mol. The van der Waals surface area contributed by atoms with E-state index in [9.17, 15) is 8.42 Å². The van der Waals surface area contributed by atoms with Crippen LogP contribution in [0.3, 0.4) is 0 Å². The molecule has 20 heavy (non-hydrogen) atoms. The average molecular weight is 299 g/mol. The Balaban J connectivity index is 2.26. The second-order valence-electron chi connectivity index (χ2n) is 5.01. The smallest absolute Gasteiger partial charge is 0.160 e. The Bertz CT molecular complexity index is 571. The number of hydrogen-bond acceptors (Lipinski definition) is 5. The van der Waals surface area contributed by atoms with Crippen LogP contribution in [0.5, 0.6) is 5.75 Å². The number of benzene rings is 1. The lowest BCUT2D eigenvalue weighted by molar-refractivity contribution is 0.126. The second-order valence-corrected chi connectivity index (χ2v) is 7.23. The van der Waals surface area contributed by atoms with E-state index >= 15 is 0 Å². The highest BCUT2D eigenvalue weighted by Gasteiger charge is 2.36. The van der Waals surface area contributed by atoms with E-state index in [1.807, 2.05) is 6.92 Å². The fourth-order valence-electron chi connectivity index (χ4n) is 2.52. The molecule has 2 atom stereocenters. The van der Waals surface area contributed by atoms with Crippen molar-refractivity contribution in [3.05, 3.63) is 23.8 Å². The van der Waals surface area contributed by atoms with Crippen molar-refractivity contribution in [2.45, 2.75) is 37.4 Å². The van der Waals surface area contributed by atoms with Gasteiger partial charge in [0.05, 0.1) is 23.7 Å². The van der Waals surface area contributed by atoms with E-state index in [-0.39, 0.29) is 11.9 Å². The van der Waals surface area contributed by atoms with Crippen LogP contribution >= 0.6 is 0 Å². The van der Waals surface area contributed by atoms with Crippen molar-refractivity contribution in [1.29, 1.82) is 0 Å². The van der Waals surface area contributed by atoms with Gasteiger partial charge in [-0.25, -0.2) is 8.42 Å². The Morgan fingerprint density at radius 2 is 2.20 bits per heavy atom. The summed E-state index contributed by atoms with van der Waals surface area (Å²) in [5.41, 5.74) is 6.90. The number of nitrogens with two attached hydrogens (primary N) is 1. The molecule has 0 aromatic heterocycles. The summed E-state index contributed by atoms with van der Waals surface area (Å²) in [5, 5.41) is -0.446. The van der Waals surface area contributed by atoms with Gasteiger partial charge in [-0.15, -0.1) is 0 Å². The van der Waals surface area contributed by atoms with E-state index in [1.165, 1.54) is 0 Å². The molecular formula is C14H21NO4S. The lowest BCUT2D eigenvalue weighted by Crippen LogP contribution is -2.29. The first-order chi connectivity index (χ1) is 9.44. The van der Waals surface area contributed by atoms with Crippen LogP contribution in [-0.2, 0) is 20.3 Å². The Morgan fingerprint density at radius 1 is 1.45 bits per heavy atom. The van der Waals surface area contributed by atoms with Crippen LogP contribution in [0.25, 0.3) is 0 Å². The molecule has 1 aliphatic rings. The molecule has 1 aromatic rings. The van der Waals surface area contributed by atoms with Crippen LogP contribution in [-0.4, -0.2) is 33.0 Å².